The first-order chi connectivity index (χ1) is 14.6. The fraction of sp³-hybridized carbons (Fsp3) is 0.333. The number of aliphatic hydroxyl groups excluding tert-OH is 1. The molecule has 156 valence electrons. The number of hydrogen-bond donors (Lipinski definition) is 3. The number of nitrogen functional groups attached to an aromatic ring is 1. The van der Waals surface area contributed by atoms with Crippen LogP contribution in [-0.4, -0.2) is 56.1 Å². The minimum absolute atomic E-state index is 0.0637. The number of amides is 2. The molecule has 0 bridgehead atoms. The van der Waals surface area contributed by atoms with Crippen molar-refractivity contribution in [2.24, 2.45) is 0 Å². The molecular formula is C21H24N6O3. The van der Waals surface area contributed by atoms with E-state index in [-0.39, 0.29) is 30.9 Å². The number of piperidine rings is 1. The van der Waals surface area contributed by atoms with Gasteiger partial charge in [-0.25, -0.2) is 9.97 Å². The molecule has 9 heteroatoms. The number of nitrogens with two attached hydrogens (primary N) is 1. The number of anilines is 2. The lowest BCUT2D eigenvalue weighted by molar-refractivity contribution is 0.0724. The Labute approximate surface area is 173 Å². The molecule has 4 N–H and O–H groups in total. The molecule has 0 spiro atoms. The molecule has 2 amide bonds. The zero-order valence-electron chi connectivity index (χ0n) is 16.5. The summed E-state index contributed by atoms with van der Waals surface area (Å²) < 4.78 is 1.62. The van der Waals surface area contributed by atoms with E-state index in [1.165, 1.54) is 6.20 Å². The van der Waals surface area contributed by atoms with Crippen LogP contribution in [0.4, 0.5) is 11.6 Å². The molecular weight excluding hydrogens is 384 g/mol. The molecule has 0 saturated carbocycles. The molecule has 0 aliphatic carbocycles. The Morgan fingerprint density at radius 3 is 2.67 bits per heavy atom. The molecule has 3 heterocycles. The quantitative estimate of drug-likeness (QED) is 0.554. The molecule has 4 rings (SSSR count). The highest BCUT2D eigenvalue weighted by Crippen LogP contribution is 2.21. The van der Waals surface area contributed by atoms with E-state index in [1.54, 1.807) is 34.9 Å². The third-order valence-corrected chi connectivity index (χ3v) is 5.17. The van der Waals surface area contributed by atoms with E-state index in [0.29, 0.717) is 28.0 Å². The van der Waals surface area contributed by atoms with E-state index < -0.39 is 0 Å². The number of aromatic nitrogens is 3. The average molecular weight is 408 g/mol. The summed E-state index contributed by atoms with van der Waals surface area (Å²) in [6, 6.07) is 8.30. The van der Waals surface area contributed by atoms with Crippen molar-refractivity contribution in [2.45, 2.75) is 25.8 Å². The number of carbonyl (C=O) groups excluding carboxylic acids is 2. The van der Waals surface area contributed by atoms with Crippen molar-refractivity contribution in [1.29, 1.82) is 0 Å². The van der Waals surface area contributed by atoms with Crippen LogP contribution in [0.5, 0.6) is 0 Å². The first-order valence-electron chi connectivity index (χ1n) is 10.00. The maximum absolute atomic E-state index is 12.8. The molecule has 1 saturated heterocycles. The maximum Gasteiger partial charge on any atom is 0.258 e. The predicted molar refractivity (Wildman–Crippen MR) is 113 cm³/mol. The molecule has 1 aromatic carbocycles. The summed E-state index contributed by atoms with van der Waals surface area (Å²) in [7, 11) is 0. The standard InChI is InChI=1S/C21H24N6O3/c22-16-6-4-5-14(11-16)19(29)25-21-24-17-12-15(13-23-18(17)27(21)9-10-28)20(30)26-7-2-1-3-8-26/h4-6,11-13,28H,1-3,7-10,22H2,(H,24,25,29). The van der Waals surface area contributed by atoms with Crippen molar-refractivity contribution in [3.8, 4) is 0 Å². The number of likely N-dealkylation sites (tertiary alicyclic amines) is 1. The van der Waals surface area contributed by atoms with Crippen LogP contribution in [0.1, 0.15) is 40.0 Å². The van der Waals surface area contributed by atoms with Gasteiger partial charge in [-0.05, 0) is 43.5 Å². The molecule has 0 radical (unpaired) electrons. The lowest BCUT2D eigenvalue weighted by atomic mass is 10.1. The zero-order valence-corrected chi connectivity index (χ0v) is 16.5. The highest BCUT2D eigenvalue weighted by atomic mass is 16.3. The molecule has 1 aliphatic heterocycles. The summed E-state index contributed by atoms with van der Waals surface area (Å²) >= 11 is 0. The average Bonchev–Trinajstić information content (AvgIpc) is 3.10. The molecule has 3 aromatic rings. The van der Waals surface area contributed by atoms with E-state index in [9.17, 15) is 14.7 Å². The maximum atomic E-state index is 12.8. The first kappa shape index (κ1) is 19.8. The normalized spacial score (nSPS) is 14.1. The van der Waals surface area contributed by atoms with Crippen LogP contribution in [0.2, 0.25) is 0 Å². The molecule has 9 nitrogen and oxygen atoms in total. The Bertz CT molecular complexity index is 1090. The van der Waals surface area contributed by atoms with Crippen LogP contribution in [0.15, 0.2) is 36.5 Å². The van der Waals surface area contributed by atoms with Crippen molar-refractivity contribution < 1.29 is 14.7 Å². The second-order valence-electron chi connectivity index (χ2n) is 7.31. The monoisotopic (exact) mass is 408 g/mol. The fourth-order valence-electron chi connectivity index (χ4n) is 3.67. The van der Waals surface area contributed by atoms with E-state index in [4.69, 9.17) is 5.73 Å². The number of aliphatic hydroxyl groups is 1. The summed E-state index contributed by atoms with van der Waals surface area (Å²) in [4.78, 5) is 36.1. The van der Waals surface area contributed by atoms with Gasteiger partial charge in [0.1, 0.15) is 5.52 Å². The summed E-state index contributed by atoms with van der Waals surface area (Å²) in [6.45, 7) is 1.55. The van der Waals surface area contributed by atoms with E-state index in [2.05, 4.69) is 15.3 Å². The highest BCUT2D eigenvalue weighted by Gasteiger charge is 2.21. The van der Waals surface area contributed by atoms with Crippen molar-refractivity contribution in [3.05, 3.63) is 47.7 Å². The second kappa shape index (κ2) is 8.50. The number of rotatable bonds is 5. The van der Waals surface area contributed by atoms with Gasteiger partial charge < -0.3 is 15.7 Å². The van der Waals surface area contributed by atoms with Crippen LogP contribution in [0.3, 0.4) is 0 Å². The molecule has 30 heavy (non-hydrogen) atoms. The molecule has 1 aliphatic rings. The molecule has 2 aromatic heterocycles. The van der Waals surface area contributed by atoms with Crippen molar-refractivity contribution in [2.75, 3.05) is 30.7 Å². The third kappa shape index (κ3) is 3.97. The van der Waals surface area contributed by atoms with Crippen LogP contribution < -0.4 is 11.1 Å². The van der Waals surface area contributed by atoms with E-state index >= 15 is 0 Å². The van der Waals surface area contributed by atoms with Crippen LogP contribution in [0.25, 0.3) is 11.2 Å². The van der Waals surface area contributed by atoms with Gasteiger partial charge in [-0.2, -0.15) is 0 Å². The number of nitrogens with one attached hydrogen (secondary N) is 1. The number of nitrogens with zero attached hydrogens (tertiary/aromatic N) is 4. The molecule has 0 unspecified atom stereocenters. The Morgan fingerprint density at radius 2 is 1.93 bits per heavy atom. The SMILES string of the molecule is Nc1cccc(C(=O)Nc2nc3cc(C(=O)N4CCCCC4)cnc3n2CCO)c1. The Balaban J connectivity index is 1.64. The molecule has 0 atom stereocenters. The van der Waals surface area contributed by atoms with E-state index in [0.717, 1.165) is 32.4 Å². The second-order valence-corrected chi connectivity index (χ2v) is 7.31. The Hall–Kier alpha value is -3.46. The van der Waals surface area contributed by atoms with Gasteiger partial charge in [0.2, 0.25) is 5.95 Å². The largest absolute Gasteiger partial charge is 0.399 e. The summed E-state index contributed by atoms with van der Waals surface area (Å²) in [5.74, 6) is -0.186. The summed E-state index contributed by atoms with van der Waals surface area (Å²) in [6.07, 6.45) is 4.68. The Kier molecular flexibility index (Phi) is 5.62. The van der Waals surface area contributed by atoms with Crippen LogP contribution in [0, 0.1) is 0 Å². The number of fused-ring (bicyclic) bond motifs is 1. The van der Waals surface area contributed by atoms with Crippen molar-refractivity contribution >= 4 is 34.6 Å². The van der Waals surface area contributed by atoms with Gasteiger partial charge in [-0.3, -0.25) is 19.5 Å². The minimum Gasteiger partial charge on any atom is -0.399 e. The molecule has 1 fully saturated rings. The number of benzene rings is 1. The first-order valence-corrected chi connectivity index (χ1v) is 10.00. The Morgan fingerprint density at radius 1 is 1.13 bits per heavy atom. The third-order valence-electron chi connectivity index (χ3n) is 5.17. The van der Waals surface area contributed by atoms with Gasteiger partial charge in [0.05, 0.1) is 18.7 Å². The fourth-order valence-corrected chi connectivity index (χ4v) is 3.67. The minimum atomic E-state index is -0.374. The highest BCUT2D eigenvalue weighted by molar-refractivity contribution is 6.04. The number of hydrogen-bond acceptors (Lipinski definition) is 6. The zero-order chi connectivity index (χ0) is 21.1. The summed E-state index contributed by atoms with van der Waals surface area (Å²) in [5, 5.41) is 12.2. The van der Waals surface area contributed by atoms with Gasteiger partial charge in [-0.1, -0.05) is 6.07 Å². The van der Waals surface area contributed by atoms with Gasteiger partial charge in [0.15, 0.2) is 5.65 Å². The predicted octanol–water partition coefficient (Wildman–Crippen LogP) is 1.88. The lowest BCUT2D eigenvalue weighted by Gasteiger charge is -2.26. The van der Waals surface area contributed by atoms with Crippen LogP contribution >= 0.6 is 0 Å². The summed E-state index contributed by atoms with van der Waals surface area (Å²) in [5.41, 5.74) is 8.06. The van der Waals surface area contributed by atoms with Crippen molar-refractivity contribution in [3.63, 3.8) is 0 Å². The van der Waals surface area contributed by atoms with Gasteiger partial charge >= 0.3 is 0 Å². The number of imidazole rings is 1. The number of carbonyl (C=O) groups is 2. The topological polar surface area (TPSA) is 126 Å². The van der Waals surface area contributed by atoms with Crippen molar-refractivity contribution in [1.82, 2.24) is 19.4 Å². The van der Waals surface area contributed by atoms with Gasteiger partial charge in [0.25, 0.3) is 11.8 Å². The van der Waals surface area contributed by atoms with Gasteiger partial charge in [0, 0.05) is 30.5 Å². The van der Waals surface area contributed by atoms with Gasteiger partial charge in [-0.15, -0.1) is 0 Å². The smallest absolute Gasteiger partial charge is 0.258 e. The van der Waals surface area contributed by atoms with Crippen LogP contribution in [-0.2, 0) is 6.54 Å². The number of pyridine rings is 1. The van der Waals surface area contributed by atoms with E-state index in [1.807, 2.05) is 4.90 Å². The lowest BCUT2D eigenvalue weighted by Crippen LogP contribution is -2.35.